The summed E-state index contributed by atoms with van der Waals surface area (Å²) < 4.78 is 5.52. The number of hydrogen-bond donors (Lipinski definition) is 1. The molecule has 0 saturated carbocycles. The molecule has 0 heterocycles. The number of ether oxygens (including phenoxy) is 1. The standard InChI is InChI=1S/C15H21Cl2NO2/c1-3-5-11(2)18-15(19)6-4-9-20-14-8-7-12(16)10-13(14)17/h7-8,10-11H,3-6,9H2,1-2H3,(H,18,19)/t11-/m1/s1. The van der Waals surface area contributed by atoms with Gasteiger partial charge in [-0.15, -0.1) is 0 Å². The largest absolute Gasteiger partial charge is 0.492 e. The van der Waals surface area contributed by atoms with Crippen molar-refractivity contribution in [3.8, 4) is 5.75 Å². The fourth-order valence-electron chi connectivity index (χ4n) is 1.86. The van der Waals surface area contributed by atoms with Crippen LogP contribution in [0.25, 0.3) is 0 Å². The molecule has 0 aliphatic carbocycles. The predicted molar refractivity (Wildman–Crippen MR) is 83.7 cm³/mol. The second-order valence-corrected chi connectivity index (χ2v) is 5.63. The summed E-state index contributed by atoms with van der Waals surface area (Å²) >= 11 is 11.8. The van der Waals surface area contributed by atoms with Crippen LogP contribution in [0.3, 0.4) is 0 Å². The van der Waals surface area contributed by atoms with Gasteiger partial charge < -0.3 is 10.1 Å². The van der Waals surface area contributed by atoms with Crippen LogP contribution in [-0.4, -0.2) is 18.6 Å². The summed E-state index contributed by atoms with van der Waals surface area (Å²) in [5, 5.41) is 4.02. The molecule has 0 spiro atoms. The lowest BCUT2D eigenvalue weighted by atomic mass is 10.2. The van der Waals surface area contributed by atoms with Crippen LogP contribution in [0.5, 0.6) is 5.75 Å². The van der Waals surface area contributed by atoms with Crippen LogP contribution in [0.15, 0.2) is 18.2 Å². The van der Waals surface area contributed by atoms with Crippen LogP contribution in [0.4, 0.5) is 0 Å². The Morgan fingerprint density at radius 1 is 1.40 bits per heavy atom. The normalized spacial score (nSPS) is 12.0. The van der Waals surface area contributed by atoms with E-state index in [0.717, 1.165) is 12.8 Å². The van der Waals surface area contributed by atoms with Crippen LogP contribution in [0, 0.1) is 0 Å². The van der Waals surface area contributed by atoms with E-state index in [0.29, 0.717) is 35.2 Å². The van der Waals surface area contributed by atoms with Gasteiger partial charge in [-0.1, -0.05) is 36.5 Å². The Hall–Kier alpha value is -0.930. The van der Waals surface area contributed by atoms with Crippen molar-refractivity contribution in [3.63, 3.8) is 0 Å². The van der Waals surface area contributed by atoms with Crippen molar-refractivity contribution < 1.29 is 9.53 Å². The van der Waals surface area contributed by atoms with Crippen molar-refractivity contribution in [1.29, 1.82) is 0 Å². The molecule has 1 atom stereocenters. The lowest BCUT2D eigenvalue weighted by molar-refractivity contribution is -0.121. The molecule has 0 saturated heterocycles. The summed E-state index contributed by atoms with van der Waals surface area (Å²) in [6.45, 7) is 4.58. The van der Waals surface area contributed by atoms with E-state index in [1.807, 2.05) is 6.92 Å². The molecule has 3 nitrogen and oxygen atoms in total. The number of nitrogens with one attached hydrogen (secondary N) is 1. The number of amides is 1. The van der Waals surface area contributed by atoms with Gasteiger partial charge in [-0.05, 0) is 38.0 Å². The third-order valence-corrected chi connectivity index (χ3v) is 3.36. The zero-order chi connectivity index (χ0) is 15.0. The fraction of sp³-hybridized carbons (Fsp3) is 0.533. The van der Waals surface area contributed by atoms with Gasteiger partial charge in [-0.2, -0.15) is 0 Å². The van der Waals surface area contributed by atoms with E-state index in [1.54, 1.807) is 18.2 Å². The molecule has 1 amide bonds. The van der Waals surface area contributed by atoms with Crippen molar-refractivity contribution in [2.24, 2.45) is 0 Å². The minimum atomic E-state index is 0.0664. The van der Waals surface area contributed by atoms with Gasteiger partial charge in [0.25, 0.3) is 0 Å². The molecule has 0 aromatic heterocycles. The lowest BCUT2D eigenvalue weighted by Crippen LogP contribution is -2.32. The molecular formula is C15H21Cl2NO2. The van der Waals surface area contributed by atoms with Gasteiger partial charge in [-0.25, -0.2) is 0 Å². The van der Waals surface area contributed by atoms with Crippen LogP contribution >= 0.6 is 23.2 Å². The van der Waals surface area contributed by atoms with E-state index in [-0.39, 0.29) is 11.9 Å². The molecule has 20 heavy (non-hydrogen) atoms. The molecule has 1 rings (SSSR count). The number of rotatable bonds is 8. The van der Waals surface area contributed by atoms with Crippen LogP contribution < -0.4 is 10.1 Å². The highest BCUT2D eigenvalue weighted by Gasteiger charge is 2.07. The Morgan fingerprint density at radius 2 is 2.15 bits per heavy atom. The highest BCUT2D eigenvalue weighted by molar-refractivity contribution is 6.35. The van der Waals surface area contributed by atoms with Crippen molar-refractivity contribution >= 4 is 29.1 Å². The Balaban J connectivity index is 2.23. The number of carbonyl (C=O) groups excluding carboxylic acids is 1. The van der Waals surface area contributed by atoms with Gasteiger partial charge in [0.2, 0.25) is 5.91 Å². The number of halogens is 2. The van der Waals surface area contributed by atoms with Gasteiger partial charge in [0.15, 0.2) is 0 Å². The lowest BCUT2D eigenvalue weighted by Gasteiger charge is -2.13. The Bertz CT molecular complexity index is 438. The average Bonchev–Trinajstić information content (AvgIpc) is 2.36. The van der Waals surface area contributed by atoms with E-state index >= 15 is 0 Å². The first-order valence-corrected chi connectivity index (χ1v) is 7.65. The molecule has 1 aromatic carbocycles. The van der Waals surface area contributed by atoms with Crippen molar-refractivity contribution in [3.05, 3.63) is 28.2 Å². The molecule has 0 fully saturated rings. The summed E-state index contributed by atoms with van der Waals surface area (Å²) in [5.41, 5.74) is 0. The maximum Gasteiger partial charge on any atom is 0.220 e. The van der Waals surface area contributed by atoms with E-state index in [1.165, 1.54) is 0 Å². The third-order valence-electron chi connectivity index (χ3n) is 2.83. The minimum absolute atomic E-state index is 0.0664. The van der Waals surface area contributed by atoms with Crippen LogP contribution in [0.1, 0.15) is 39.5 Å². The topological polar surface area (TPSA) is 38.3 Å². The summed E-state index contributed by atoms with van der Waals surface area (Å²) in [6.07, 6.45) is 3.19. The average molecular weight is 318 g/mol. The van der Waals surface area contributed by atoms with Gasteiger partial charge >= 0.3 is 0 Å². The maximum atomic E-state index is 11.6. The smallest absolute Gasteiger partial charge is 0.220 e. The van der Waals surface area contributed by atoms with E-state index in [9.17, 15) is 4.79 Å². The van der Waals surface area contributed by atoms with Crippen molar-refractivity contribution in [2.75, 3.05) is 6.61 Å². The molecule has 0 radical (unpaired) electrons. The molecule has 1 N–H and O–H groups in total. The summed E-state index contributed by atoms with van der Waals surface area (Å²) in [7, 11) is 0. The second kappa shape index (κ2) is 9.09. The quantitative estimate of drug-likeness (QED) is 0.719. The summed E-state index contributed by atoms with van der Waals surface area (Å²) in [6, 6.07) is 5.33. The van der Waals surface area contributed by atoms with E-state index in [4.69, 9.17) is 27.9 Å². The zero-order valence-electron chi connectivity index (χ0n) is 11.9. The summed E-state index contributed by atoms with van der Waals surface area (Å²) in [5.74, 6) is 0.660. The molecule has 0 aliphatic rings. The SMILES string of the molecule is CCC[C@@H](C)NC(=O)CCCOc1ccc(Cl)cc1Cl. The molecule has 0 aliphatic heterocycles. The molecule has 0 bridgehead atoms. The van der Waals surface area contributed by atoms with Crippen molar-refractivity contribution in [2.45, 2.75) is 45.6 Å². The van der Waals surface area contributed by atoms with E-state index < -0.39 is 0 Å². The summed E-state index contributed by atoms with van der Waals surface area (Å²) in [4.78, 5) is 11.6. The Labute approximate surface area is 130 Å². The highest BCUT2D eigenvalue weighted by Crippen LogP contribution is 2.27. The van der Waals surface area contributed by atoms with Gasteiger partial charge in [-0.3, -0.25) is 4.79 Å². The first-order valence-electron chi connectivity index (χ1n) is 6.90. The van der Waals surface area contributed by atoms with Crippen molar-refractivity contribution in [1.82, 2.24) is 5.32 Å². The number of carbonyl (C=O) groups is 1. The molecule has 1 aromatic rings. The van der Waals surface area contributed by atoms with E-state index in [2.05, 4.69) is 12.2 Å². The monoisotopic (exact) mass is 317 g/mol. The van der Waals surface area contributed by atoms with Gasteiger partial charge in [0.05, 0.1) is 11.6 Å². The molecule has 112 valence electrons. The molecule has 0 unspecified atom stereocenters. The molecule has 5 heteroatoms. The molecular weight excluding hydrogens is 297 g/mol. The first-order chi connectivity index (χ1) is 9.52. The first kappa shape index (κ1) is 17.1. The number of benzene rings is 1. The minimum Gasteiger partial charge on any atom is -0.492 e. The predicted octanol–water partition coefficient (Wildman–Crippen LogP) is 4.46. The number of hydrogen-bond acceptors (Lipinski definition) is 2. The van der Waals surface area contributed by atoms with Crippen LogP contribution in [0.2, 0.25) is 10.0 Å². The third kappa shape index (κ3) is 6.49. The maximum absolute atomic E-state index is 11.6. The Morgan fingerprint density at radius 3 is 2.80 bits per heavy atom. The second-order valence-electron chi connectivity index (χ2n) is 4.78. The van der Waals surface area contributed by atoms with Gasteiger partial charge in [0, 0.05) is 17.5 Å². The van der Waals surface area contributed by atoms with Crippen LogP contribution in [-0.2, 0) is 4.79 Å². The highest BCUT2D eigenvalue weighted by atomic mass is 35.5. The van der Waals surface area contributed by atoms with Gasteiger partial charge in [0.1, 0.15) is 5.75 Å². The fourth-order valence-corrected chi connectivity index (χ4v) is 2.32. The Kier molecular flexibility index (Phi) is 7.78. The zero-order valence-corrected chi connectivity index (χ0v) is 13.4.